The van der Waals surface area contributed by atoms with Crippen LogP contribution in [0.1, 0.15) is 38.5 Å². The molecule has 0 aromatic heterocycles. The summed E-state index contributed by atoms with van der Waals surface area (Å²) in [5.74, 6) is 0.929. The zero-order valence-electron chi connectivity index (χ0n) is 17.0. The lowest BCUT2D eigenvalue weighted by Gasteiger charge is -2.41. The van der Waals surface area contributed by atoms with Gasteiger partial charge in [-0.1, -0.05) is 0 Å². The topological polar surface area (TPSA) is 62.3 Å². The Hall–Kier alpha value is -1.18. The van der Waals surface area contributed by atoms with Crippen molar-refractivity contribution in [3.63, 3.8) is 0 Å². The molecule has 1 saturated carbocycles. The molecule has 0 aromatic carbocycles. The Bertz CT molecular complexity index is 542. The molecule has 4 rings (SSSR count). The van der Waals surface area contributed by atoms with Crippen LogP contribution in [0.2, 0.25) is 0 Å². The molecule has 1 atom stereocenters. The van der Waals surface area contributed by atoms with Gasteiger partial charge in [-0.05, 0) is 38.5 Å². The van der Waals surface area contributed by atoms with Crippen LogP contribution in [-0.2, 0) is 19.1 Å². The van der Waals surface area contributed by atoms with Crippen LogP contribution in [0, 0.1) is 11.8 Å². The van der Waals surface area contributed by atoms with E-state index in [0.717, 1.165) is 84.5 Å². The van der Waals surface area contributed by atoms with Gasteiger partial charge in [0, 0.05) is 70.4 Å². The molecule has 2 amide bonds. The van der Waals surface area contributed by atoms with Crippen molar-refractivity contribution in [2.75, 3.05) is 65.7 Å². The molecule has 0 spiro atoms. The number of amides is 2. The molecular weight excluding hydrogens is 358 g/mol. The summed E-state index contributed by atoms with van der Waals surface area (Å²) in [6.45, 7) is 8.08. The number of carbonyl (C=O) groups excluding carboxylic acids is 2. The SMILES string of the molecule is O=C(C1CCOCC1)N1CCCC(N(CCN2CCOCC2)C(=O)C2CC2)C1. The third-order valence-corrected chi connectivity index (χ3v) is 6.69. The molecule has 4 fully saturated rings. The first-order valence-corrected chi connectivity index (χ1v) is 11.2. The Morgan fingerprint density at radius 2 is 1.57 bits per heavy atom. The molecule has 0 N–H and O–H groups in total. The molecule has 0 radical (unpaired) electrons. The Morgan fingerprint density at radius 3 is 2.29 bits per heavy atom. The van der Waals surface area contributed by atoms with E-state index in [9.17, 15) is 9.59 Å². The normalized spacial score (nSPS) is 27.6. The van der Waals surface area contributed by atoms with Crippen molar-refractivity contribution in [3.8, 4) is 0 Å². The van der Waals surface area contributed by atoms with Gasteiger partial charge in [-0.2, -0.15) is 0 Å². The van der Waals surface area contributed by atoms with Gasteiger partial charge in [0.05, 0.1) is 13.2 Å². The van der Waals surface area contributed by atoms with Crippen molar-refractivity contribution in [2.45, 2.75) is 44.6 Å². The standard InChI is InChI=1S/C21H35N3O4/c25-20(18-5-12-27-13-6-18)23-7-1-2-19(16-23)24(21(26)17-3-4-17)9-8-22-10-14-28-15-11-22/h17-19H,1-16H2. The molecule has 1 aliphatic carbocycles. The molecular formula is C21H35N3O4. The Balaban J connectivity index is 1.36. The summed E-state index contributed by atoms with van der Waals surface area (Å²) >= 11 is 0. The number of hydrogen-bond acceptors (Lipinski definition) is 5. The fraction of sp³-hybridized carbons (Fsp3) is 0.905. The van der Waals surface area contributed by atoms with Gasteiger partial charge in [0.2, 0.25) is 11.8 Å². The lowest BCUT2D eigenvalue weighted by Crippen LogP contribution is -2.55. The van der Waals surface area contributed by atoms with Crippen LogP contribution in [0.4, 0.5) is 0 Å². The van der Waals surface area contributed by atoms with Gasteiger partial charge in [0.25, 0.3) is 0 Å². The fourth-order valence-corrected chi connectivity index (χ4v) is 4.72. The summed E-state index contributed by atoms with van der Waals surface area (Å²) in [5, 5.41) is 0. The molecule has 0 aromatic rings. The van der Waals surface area contributed by atoms with Gasteiger partial charge in [-0.25, -0.2) is 0 Å². The third kappa shape index (κ3) is 5.05. The van der Waals surface area contributed by atoms with Crippen LogP contribution in [0.25, 0.3) is 0 Å². The van der Waals surface area contributed by atoms with Crippen molar-refractivity contribution in [1.82, 2.24) is 14.7 Å². The number of likely N-dealkylation sites (tertiary alicyclic amines) is 1. The average Bonchev–Trinajstić information content (AvgIpc) is 3.60. The number of rotatable bonds is 6. The van der Waals surface area contributed by atoms with Crippen LogP contribution in [0.5, 0.6) is 0 Å². The van der Waals surface area contributed by atoms with E-state index in [2.05, 4.69) is 9.80 Å². The molecule has 3 aliphatic heterocycles. The zero-order valence-corrected chi connectivity index (χ0v) is 17.0. The van der Waals surface area contributed by atoms with Gasteiger partial charge >= 0.3 is 0 Å². The van der Waals surface area contributed by atoms with Gasteiger partial charge in [-0.15, -0.1) is 0 Å². The quantitative estimate of drug-likeness (QED) is 0.673. The summed E-state index contributed by atoms with van der Waals surface area (Å²) in [5.41, 5.74) is 0. The predicted octanol–water partition coefficient (Wildman–Crippen LogP) is 0.975. The van der Waals surface area contributed by atoms with E-state index in [1.807, 2.05) is 4.90 Å². The number of nitrogens with zero attached hydrogens (tertiary/aromatic N) is 3. The Labute approximate surface area is 168 Å². The first kappa shape index (κ1) is 20.1. The largest absolute Gasteiger partial charge is 0.381 e. The summed E-state index contributed by atoms with van der Waals surface area (Å²) < 4.78 is 10.9. The van der Waals surface area contributed by atoms with Gasteiger partial charge in [-0.3, -0.25) is 14.5 Å². The van der Waals surface area contributed by atoms with Crippen molar-refractivity contribution in [2.24, 2.45) is 11.8 Å². The summed E-state index contributed by atoms with van der Waals surface area (Å²) in [6, 6.07) is 0.173. The highest BCUT2D eigenvalue weighted by molar-refractivity contribution is 5.82. The molecule has 3 saturated heterocycles. The molecule has 1 unspecified atom stereocenters. The first-order chi connectivity index (χ1) is 13.7. The zero-order chi connectivity index (χ0) is 19.3. The second-order valence-electron chi connectivity index (χ2n) is 8.73. The van der Waals surface area contributed by atoms with Crippen LogP contribution >= 0.6 is 0 Å². The van der Waals surface area contributed by atoms with E-state index < -0.39 is 0 Å². The van der Waals surface area contributed by atoms with Gasteiger partial charge in [0.15, 0.2) is 0 Å². The Kier molecular flexibility index (Phi) is 6.86. The monoisotopic (exact) mass is 393 g/mol. The number of piperidine rings is 1. The lowest BCUT2D eigenvalue weighted by molar-refractivity contribution is -0.144. The summed E-state index contributed by atoms with van der Waals surface area (Å²) in [6.07, 6.45) is 5.74. The van der Waals surface area contributed by atoms with E-state index in [4.69, 9.17) is 9.47 Å². The van der Waals surface area contributed by atoms with Crippen LogP contribution in [0.3, 0.4) is 0 Å². The highest BCUT2D eigenvalue weighted by atomic mass is 16.5. The van der Waals surface area contributed by atoms with E-state index in [1.54, 1.807) is 0 Å². The van der Waals surface area contributed by atoms with Gasteiger partial charge in [0.1, 0.15) is 0 Å². The maximum atomic E-state index is 13.0. The summed E-state index contributed by atoms with van der Waals surface area (Å²) in [4.78, 5) is 32.6. The van der Waals surface area contributed by atoms with E-state index in [-0.39, 0.29) is 23.8 Å². The maximum absolute atomic E-state index is 13.0. The second kappa shape index (κ2) is 9.55. The summed E-state index contributed by atoms with van der Waals surface area (Å²) in [7, 11) is 0. The molecule has 0 bridgehead atoms. The minimum atomic E-state index is 0.105. The van der Waals surface area contributed by atoms with Crippen molar-refractivity contribution < 1.29 is 19.1 Å². The molecule has 7 heteroatoms. The molecule has 28 heavy (non-hydrogen) atoms. The fourth-order valence-electron chi connectivity index (χ4n) is 4.72. The Morgan fingerprint density at radius 1 is 0.857 bits per heavy atom. The molecule has 7 nitrogen and oxygen atoms in total. The van der Waals surface area contributed by atoms with Crippen LogP contribution in [0.15, 0.2) is 0 Å². The second-order valence-corrected chi connectivity index (χ2v) is 8.73. The minimum absolute atomic E-state index is 0.105. The highest BCUT2D eigenvalue weighted by Gasteiger charge is 2.39. The van der Waals surface area contributed by atoms with Crippen molar-refractivity contribution in [1.29, 1.82) is 0 Å². The smallest absolute Gasteiger partial charge is 0.226 e. The first-order valence-electron chi connectivity index (χ1n) is 11.2. The highest BCUT2D eigenvalue weighted by Crippen LogP contribution is 2.33. The number of hydrogen-bond donors (Lipinski definition) is 0. The van der Waals surface area contributed by atoms with Crippen LogP contribution < -0.4 is 0 Å². The predicted molar refractivity (Wildman–Crippen MR) is 105 cm³/mol. The number of carbonyl (C=O) groups is 2. The van der Waals surface area contributed by atoms with Crippen molar-refractivity contribution >= 4 is 11.8 Å². The molecule has 3 heterocycles. The van der Waals surface area contributed by atoms with Crippen LogP contribution in [-0.4, -0.2) is 98.3 Å². The lowest BCUT2D eigenvalue weighted by atomic mass is 9.96. The van der Waals surface area contributed by atoms with E-state index in [0.29, 0.717) is 25.7 Å². The average molecular weight is 394 g/mol. The third-order valence-electron chi connectivity index (χ3n) is 6.69. The maximum Gasteiger partial charge on any atom is 0.226 e. The van der Waals surface area contributed by atoms with Crippen molar-refractivity contribution in [3.05, 3.63) is 0 Å². The molecule has 4 aliphatic rings. The van der Waals surface area contributed by atoms with Gasteiger partial charge < -0.3 is 19.3 Å². The molecule has 158 valence electrons. The number of morpholine rings is 1. The van der Waals surface area contributed by atoms with E-state index >= 15 is 0 Å². The minimum Gasteiger partial charge on any atom is -0.381 e. The van der Waals surface area contributed by atoms with E-state index in [1.165, 1.54) is 0 Å². The number of ether oxygens (including phenoxy) is 2.